The van der Waals surface area contributed by atoms with Crippen molar-refractivity contribution in [3.63, 3.8) is 0 Å². The Bertz CT molecular complexity index is 493. The minimum Gasteiger partial charge on any atom is -0.387 e. The summed E-state index contributed by atoms with van der Waals surface area (Å²) in [5, 5.41) is 13.4. The molecule has 0 aliphatic rings. The van der Waals surface area contributed by atoms with Crippen molar-refractivity contribution in [2.45, 2.75) is 38.8 Å². The summed E-state index contributed by atoms with van der Waals surface area (Å²) < 4.78 is 2.06. The highest BCUT2D eigenvalue weighted by molar-refractivity contribution is 5.24. The largest absolute Gasteiger partial charge is 0.387 e. The summed E-state index contributed by atoms with van der Waals surface area (Å²) in [4.78, 5) is 4.01. The number of aliphatic hydroxyl groups excluding tert-OH is 1. The number of aryl methyl sites for hydroxylation is 2. The van der Waals surface area contributed by atoms with Crippen LogP contribution in [0, 0.1) is 0 Å². The van der Waals surface area contributed by atoms with Crippen molar-refractivity contribution < 1.29 is 5.11 Å². The molecule has 2 rings (SSSR count). The third-order valence-electron chi connectivity index (χ3n) is 3.57. The highest BCUT2D eigenvalue weighted by atomic mass is 16.3. The predicted octanol–water partition coefficient (Wildman–Crippen LogP) is 2.55. The summed E-state index contributed by atoms with van der Waals surface area (Å²) in [5.74, 6) is 0. The topological polar surface area (TPSA) is 50.1 Å². The van der Waals surface area contributed by atoms with Crippen LogP contribution < -0.4 is 5.32 Å². The number of nitrogens with one attached hydrogen (secondary N) is 1. The van der Waals surface area contributed by atoms with Gasteiger partial charge in [-0.1, -0.05) is 37.6 Å². The van der Waals surface area contributed by atoms with Crippen LogP contribution in [-0.4, -0.2) is 27.7 Å². The van der Waals surface area contributed by atoms with E-state index in [9.17, 15) is 5.11 Å². The third kappa shape index (κ3) is 5.33. The van der Waals surface area contributed by atoms with Crippen molar-refractivity contribution in [2.24, 2.45) is 0 Å². The first kappa shape index (κ1) is 15.7. The first-order chi connectivity index (χ1) is 10.3. The van der Waals surface area contributed by atoms with Crippen LogP contribution in [0.1, 0.15) is 37.0 Å². The Balaban J connectivity index is 1.65. The molecule has 0 aliphatic heterocycles. The second kappa shape index (κ2) is 8.60. The molecule has 1 aromatic heterocycles. The van der Waals surface area contributed by atoms with Gasteiger partial charge in [0.1, 0.15) is 0 Å². The molecule has 1 heterocycles. The van der Waals surface area contributed by atoms with E-state index in [2.05, 4.69) is 33.9 Å². The lowest BCUT2D eigenvalue weighted by atomic mass is 10.0. The van der Waals surface area contributed by atoms with E-state index in [1.807, 2.05) is 24.7 Å². The van der Waals surface area contributed by atoms with E-state index in [4.69, 9.17) is 0 Å². The zero-order valence-corrected chi connectivity index (χ0v) is 12.7. The Labute approximate surface area is 126 Å². The van der Waals surface area contributed by atoms with E-state index in [1.54, 1.807) is 6.20 Å². The summed E-state index contributed by atoms with van der Waals surface area (Å²) in [7, 11) is 0. The second-order valence-electron chi connectivity index (χ2n) is 5.37. The Kier molecular flexibility index (Phi) is 6.44. The standard InChI is InChI=1S/C17H25N3O/c1-2-4-15-5-7-16(8-6-15)17(21)13-18-9-3-11-20-12-10-19-14-20/h5-8,10,12,14,17-18,21H,2-4,9,11,13H2,1H3. The number of aromatic nitrogens is 2. The molecule has 2 N–H and O–H groups in total. The summed E-state index contributed by atoms with van der Waals surface area (Å²) in [6, 6.07) is 8.29. The fourth-order valence-corrected chi connectivity index (χ4v) is 2.36. The summed E-state index contributed by atoms with van der Waals surface area (Å²) >= 11 is 0. The van der Waals surface area contributed by atoms with Gasteiger partial charge in [0.05, 0.1) is 12.4 Å². The van der Waals surface area contributed by atoms with Crippen LogP contribution in [0.5, 0.6) is 0 Å². The Morgan fingerprint density at radius 1 is 1.29 bits per heavy atom. The molecule has 21 heavy (non-hydrogen) atoms. The Hall–Kier alpha value is -1.65. The van der Waals surface area contributed by atoms with Crippen molar-refractivity contribution >= 4 is 0 Å². The lowest BCUT2D eigenvalue weighted by molar-refractivity contribution is 0.174. The molecular weight excluding hydrogens is 262 g/mol. The molecule has 4 nitrogen and oxygen atoms in total. The van der Waals surface area contributed by atoms with Crippen molar-refractivity contribution in [1.82, 2.24) is 14.9 Å². The Morgan fingerprint density at radius 3 is 2.76 bits per heavy atom. The maximum absolute atomic E-state index is 10.1. The minimum absolute atomic E-state index is 0.436. The van der Waals surface area contributed by atoms with Crippen LogP contribution in [0.3, 0.4) is 0 Å². The zero-order valence-electron chi connectivity index (χ0n) is 12.7. The molecule has 0 radical (unpaired) electrons. The van der Waals surface area contributed by atoms with E-state index >= 15 is 0 Å². The van der Waals surface area contributed by atoms with E-state index < -0.39 is 6.10 Å². The van der Waals surface area contributed by atoms with Gasteiger partial charge in [-0.2, -0.15) is 0 Å². The van der Waals surface area contributed by atoms with Crippen LogP contribution >= 0.6 is 0 Å². The molecule has 0 spiro atoms. The molecule has 0 saturated carbocycles. The molecule has 0 bridgehead atoms. The van der Waals surface area contributed by atoms with Crippen LogP contribution in [0.25, 0.3) is 0 Å². The molecule has 2 aromatic rings. The predicted molar refractivity (Wildman–Crippen MR) is 85.1 cm³/mol. The molecule has 1 atom stereocenters. The number of hydrogen-bond donors (Lipinski definition) is 2. The zero-order chi connectivity index (χ0) is 14.9. The van der Waals surface area contributed by atoms with E-state index in [-0.39, 0.29) is 0 Å². The van der Waals surface area contributed by atoms with Gasteiger partial charge in [-0.25, -0.2) is 4.98 Å². The molecule has 0 fully saturated rings. The van der Waals surface area contributed by atoms with Gasteiger partial charge in [0.25, 0.3) is 0 Å². The molecule has 4 heteroatoms. The first-order valence-electron chi connectivity index (χ1n) is 7.73. The number of aliphatic hydroxyl groups is 1. The van der Waals surface area contributed by atoms with Gasteiger partial charge >= 0.3 is 0 Å². The Morgan fingerprint density at radius 2 is 2.10 bits per heavy atom. The maximum atomic E-state index is 10.1. The van der Waals surface area contributed by atoms with Gasteiger partial charge in [0.2, 0.25) is 0 Å². The number of rotatable bonds is 9. The molecule has 0 saturated heterocycles. The molecule has 114 valence electrons. The van der Waals surface area contributed by atoms with Crippen LogP contribution in [-0.2, 0) is 13.0 Å². The summed E-state index contributed by atoms with van der Waals surface area (Å²) in [5.41, 5.74) is 2.32. The number of benzene rings is 1. The minimum atomic E-state index is -0.436. The maximum Gasteiger partial charge on any atom is 0.0945 e. The first-order valence-corrected chi connectivity index (χ1v) is 7.73. The summed E-state index contributed by atoms with van der Waals surface area (Å²) in [6.45, 7) is 4.62. The average Bonchev–Trinajstić information content (AvgIpc) is 3.01. The van der Waals surface area contributed by atoms with Crippen LogP contribution in [0.2, 0.25) is 0 Å². The van der Waals surface area contributed by atoms with Crippen LogP contribution in [0.15, 0.2) is 43.0 Å². The lowest BCUT2D eigenvalue weighted by Crippen LogP contribution is -2.23. The van der Waals surface area contributed by atoms with Crippen molar-refractivity contribution in [2.75, 3.05) is 13.1 Å². The molecule has 1 unspecified atom stereocenters. The second-order valence-corrected chi connectivity index (χ2v) is 5.37. The SMILES string of the molecule is CCCc1ccc(C(O)CNCCCn2ccnc2)cc1. The number of nitrogens with zero attached hydrogens (tertiary/aromatic N) is 2. The molecule has 1 aromatic carbocycles. The number of hydrogen-bond acceptors (Lipinski definition) is 3. The smallest absolute Gasteiger partial charge is 0.0945 e. The van der Waals surface area contributed by atoms with Gasteiger partial charge in [-0.05, 0) is 30.5 Å². The normalized spacial score (nSPS) is 12.5. The monoisotopic (exact) mass is 287 g/mol. The molecule has 0 aliphatic carbocycles. The molecule has 0 amide bonds. The van der Waals surface area contributed by atoms with Crippen molar-refractivity contribution in [3.05, 3.63) is 54.1 Å². The van der Waals surface area contributed by atoms with Crippen LogP contribution in [0.4, 0.5) is 0 Å². The van der Waals surface area contributed by atoms with Gasteiger partial charge in [-0.3, -0.25) is 0 Å². The average molecular weight is 287 g/mol. The van der Waals surface area contributed by atoms with E-state index in [1.165, 1.54) is 5.56 Å². The summed E-state index contributed by atoms with van der Waals surface area (Å²) in [6.07, 6.45) is 8.43. The van der Waals surface area contributed by atoms with Gasteiger partial charge in [0, 0.05) is 25.5 Å². The van der Waals surface area contributed by atoms with E-state index in [0.29, 0.717) is 6.54 Å². The fourth-order valence-electron chi connectivity index (χ4n) is 2.36. The molecular formula is C17H25N3O. The highest BCUT2D eigenvalue weighted by Crippen LogP contribution is 2.14. The lowest BCUT2D eigenvalue weighted by Gasteiger charge is -2.13. The quantitative estimate of drug-likeness (QED) is 0.697. The van der Waals surface area contributed by atoms with E-state index in [0.717, 1.165) is 37.9 Å². The third-order valence-corrected chi connectivity index (χ3v) is 3.57. The fraction of sp³-hybridized carbons (Fsp3) is 0.471. The number of imidazole rings is 1. The van der Waals surface area contributed by atoms with Gasteiger partial charge in [-0.15, -0.1) is 0 Å². The van der Waals surface area contributed by atoms with Gasteiger partial charge in [0.15, 0.2) is 0 Å². The van der Waals surface area contributed by atoms with Gasteiger partial charge < -0.3 is 15.0 Å². The highest BCUT2D eigenvalue weighted by Gasteiger charge is 2.06. The van der Waals surface area contributed by atoms with Crippen molar-refractivity contribution in [1.29, 1.82) is 0 Å². The van der Waals surface area contributed by atoms with Crippen molar-refractivity contribution in [3.8, 4) is 0 Å².